The van der Waals surface area contributed by atoms with Gasteiger partial charge in [-0.25, -0.2) is 17.9 Å². The molecular weight excluding hydrogens is 332 g/mol. The molecule has 1 saturated carbocycles. The summed E-state index contributed by atoms with van der Waals surface area (Å²) in [5, 5.41) is 9.29. The van der Waals surface area contributed by atoms with Crippen LogP contribution in [-0.2, 0) is 14.8 Å². The first-order valence-electron chi connectivity index (χ1n) is 8.04. The minimum Gasteiger partial charge on any atom is -0.480 e. The van der Waals surface area contributed by atoms with Crippen LogP contribution >= 0.6 is 0 Å². The molecule has 1 unspecified atom stereocenters. The average molecular weight is 352 g/mol. The van der Waals surface area contributed by atoms with E-state index < -0.39 is 27.9 Å². The van der Waals surface area contributed by atoms with E-state index in [1.165, 1.54) is 29.2 Å². The minimum atomic E-state index is -3.65. The SMILES string of the molecule is O=C(O)C1CCCCN1C(=O)c1cccc(S(=O)(=O)NC2CC2)c1. The van der Waals surface area contributed by atoms with Crippen molar-refractivity contribution in [1.82, 2.24) is 9.62 Å². The summed E-state index contributed by atoms with van der Waals surface area (Å²) in [5.41, 5.74) is 0.196. The number of piperidine rings is 1. The zero-order valence-electron chi connectivity index (χ0n) is 13.1. The van der Waals surface area contributed by atoms with E-state index in [0.29, 0.717) is 13.0 Å². The van der Waals surface area contributed by atoms with Crippen molar-refractivity contribution in [2.24, 2.45) is 0 Å². The van der Waals surface area contributed by atoms with Crippen molar-refractivity contribution < 1.29 is 23.1 Å². The molecule has 2 aliphatic rings. The van der Waals surface area contributed by atoms with Crippen LogP contribution in [0.4, 0.5) is 0 Å². The maximum absolute atomic E-state index is 12.7. The molecule has 1 heterocycles. The van der Waals surface area contributed by atoms with E-state index in [4.69, 9.17) is 0 Å². The zero-order chi connectivity index (χ0) is 17.3. The van der Waals surface area contributed by atoms with Crippen LogP contribution in [0.15, 0.2) is 29.2 Å². The number of amides is 1. The minimum absolute atomic E-state index is 0.0205. The van der Waals surface area contributed by atoms with E-state index in [1.807, 2.05) is 0 Å². The maximum Gasteiger partial charge on any atom is 0.326 e. The van der Waals surface area contributed by atoms with Gasteiger partial charge in [0.1, 0.15) is 6.04 Å². The van der Waals surface area contributed by atoms with Crippen molar-refractivity contribution in [2.75, 3.05) is 6.54 Å². The van der Waals surface area contributed by atoms with Crippen molar-refractivity contribution in [2.45, 2.75) is 49.1 Å². The molecule has 0 aromatic heterocycles. The topological polar surface area (TPSA) is 104 Å². The molecule has 2 fully saturated rings. The monoisotopic (exact) mass is 352 g/mol. The number of sulfonamides is 1. The standard InChI is InChI=1S/C16H20N2O5S/c19-15(18-9-2-1-6-14(18)16(20)21)11-4-3-5-13(10-11)24(22,23)17-12-7-8-12/h3-5,10,12,14,17H,1-2,6-9H2,(H,20,21). The molecule has 0 radical (unpaired) electrons. The number of hydrogen-bond donors (Lipinski definition) is 2. The summed E-state index contributed by atoms with van der Waals surface area (Å²) in [5.74, 6) is -1.47. The van der Waals surface area contributed by atoms with Crippen LogP contribution in [0.3, 0.4) is 0 Å². The lowest BCUT2D eigenvalue weighted by atomic mass is 10.0. The van der Waals surface area contributed by atoms with Gasteiger partial charge in [-0.1, -0.05) is 6.07 Å². The number of nitrogens with one attached hydrogen (secondary N) is 1. The fourth-order valence-corrected chi connectivity index (χ4v) is 4.23. The van der Waals surface area contributed by atoms with Crippen LogP contribution in [0, 0.1) is 0 Å². The highest BCUT2D eigenvalue weighted by Gasteiger charge is 2.33. The van der Waals surface area contributed by atoms with Gasteiger partial charge < -0.3 is 10.0 Å². The Labute approximate surface area is 140 Å². The molecule has 1 atom stereocenters. The van der Waals surface area contributed by atoms with Gasteiger partial charge in [0, 0.05) is 18.2 Å². The molecule has 0 spiro atoms. The first-order valence-corrected chi connectivity index (χ1v) is 9.53. The van der Waals surface area contributed by atoms with Gasteiger partial charge in [-0.3, -0.25) is 4.79 Å². The number of nitrogens with zero attached hydrogens (tertiary/aromatic N) is 1. The second-order valence-electron chi connectivity index (χ2n) is 6.27. The van der Waals surface area contributed by atoms with Crippen LogP contribution in [0.5, 0.6) is 0 Å². The summed E-state index contributed by atoms with van der Waals surface area (Å²) >= 11 is 0. The van der Waals surface area contributed by atoms with Gasteiger partial charge in [-0.15, -0.1) is 0 Å². The average Bonchev–Trinajstić information content (AvgIpc) is 3.37. The molecule has 1 amide bonds. The summed E-state index contributed by atoms with van der Waals surface area (Å²) in [6.45, 7) is 0.368. The Hall–Kier alpha value is -1.93. The van der Waals surface area contributed by atoms with Crippen LogP contribution in [0.2, 0.25) is 0 Å². The Bertz CT molecular complexity index is 757. The number of aliphatic carboxylic acids is 1. The van der Waals surface area contributed by atoms with Gasteiger partial charge in [0.25, 0.3) is 5.91 Å². The summed E-state index contributed by atoms with van der Waals surface area (Å²) < 4.78 is 27.1. The van der Waals surface area contributed by atoms with Gasteiger partial charge >= 0.3 is 5.97 Å². The molecule has 1 aromatic rings. The van der Waals surface area contributed by atoms with Gasteiger partial charge in [0.05, 0.1) is 4.90 Å². The van der Waals surface area contributed by atoms with Crippen molar-refractivity contribution in [3.05, 3.63) is 29.8 Å². The number of carboxylic acid groups (broad SMARTS) is 1. The molecule has 1 saturated heterocycles. The van der Waals surface area contributed by atoms with E-state index >= 15 is 0 Å². The Morgan fingerprint density at radius 2 is 1.92 bits per heavy atom. The van der Waals surface area contributed by atoms with E-state index in [9.17, 15) is 23.1 Å². The summed E-state index contributed by atoms with van der Waals surface area (Å²) in [6, 6.07) is 4.91. The van der Waals surface area contributed by atoms with E-state index in [-0.39, 0.29) is 16.5 Å². The molecule has 1 aliphatic carbocycles. The summed E-state index contributed by atoms with van der Waals surface area (Å²) in [6.07, 6.45) is 3.58. The van der Waals surface area contributed by atoms with Crippen LogP contribution in [0.1, 0.15) is 42.5 Å². The highest BCUT2D eigenvalue weighted by Crippen LogP contribution is 2.24. The van der Waals surface area contributed by atoms with Gasteiger partial charge in [0.2, 0.25) is 10.0 Å². The Kier molecular flexibility index (Phi) is 4.60. The molecule has 8 heteroatoms. The molecule has 130 valence electrons. The largest absolute Gasteiger partial charge is 0.480 e. The maximum atomic E-state index is 12.7. The molecule has 1 aromatic carbocycles. The molecule has 24 heavy (non-hydrogen) atoms. The molecule has 3 rings (SSSR count). The van der Waals surface area contributed by atoms with Crippen LogP contribution in [-0.4, -0.2) is 48.9 Å². The van der Waals surface area contributed by atoms with Crippen LogP contribution in [0.25, 0.3) is 0 Å². The first kappa shape index (κ1) is 16.9. The van der Waals surface area contributed by atoms with Gasteiger partial charge in [-0.2, -0.15) is 0 Å². The molecule has 0 bridgehead atoms. The number of hydrogen-bond acceptors (Lipinski definition) is 4. The third-order valence-corrected chi connectivity index (χ3v) is 5.86. The number of carbonyl (C=O) groups is 2. The molecule has 1 aliphatic heterocycles. The number of carboxylic acids is 1. The second kappa shape index (κ2) is 6.52. The third kappa shape index (κ3) is 3.59. The third-order valence-electron chi connectivity index (χ3n) is 4.34. The smallest absolute Gasteiger partial charge is 0.326 e. The summed E-state index contributed by atoms with van der Waals surface area (Å²) in [7, 11) is -3.65. The Morgan fingerprint density at radius 3 is 2.58 bits per heavy atom. The quantitative estimate of drug-likeness (QED) is 0.829. The van der Waals surface area contributed by atoms with Gasteiger partial charge in [-0.05, 0) is 50.3 Å². The van der Waals surface area contributed by atoms with Crippen LogP contribution < -0.4 is 4.72 Å². The highest BCUT2D eigenvalue weighted by molar-refractivity contribution is 7.89. The zero-order valence-corrected chi connectivity index (χ0v) is 14.0. The van der Waals surface area contributed by atoms with Crippen molar-refractivity contribution >= 4 is 21.9 Å². The number of benzene rings is 1. The lowest BCUT2D eigenvalue weighted by molar-refractivity contribution is -0.143. The lowest BCUT2D eigenvalue weighted by Gasteiger charge is -2.33. The molecule has 7 nitrogen and oxygen atoms in total. The fraction of sp³-hybridized carbons (Fsp3) is 0.500. The van der Waals surface area contributed by atoms with Crippen molar-refractivity contribution in [1.29, 1.82) is 0 Å². The summed E-state index contributed by atoms with van der Waals surface area (Å²) in [4.78, 5) is 25.4. The molecular formula is C16H20N2O5S. The number of carbonyl (C=O) groups excluding carboxylic acids is 1. The lowest BCUT2D eigenvalue weighted by Crippen LogP contribution is -2.48. The van der Waals surface area contributed by atoms with Gasteiger partial charge in [0.15, 0.2) is 0 Å². The van der Waals surface area contributed by atoms with Crippen molar-refractivity contribution in [3.63, 3.8) is 0 Å². The predicted octanol–water partition coefficient (Wildman–Crippen LogP) is 1.21. The van der Waals surface area contributed by atoms with E-state index in [1.54, 1.807) is 0 Å². The first-order chi connectivity index (χ1) is 11.4. The predicted molar refractivity (Wildman–Crippen MR) is 86.1 cm³/mol. The van der Waals surface area contributed by atoms with E-state index in [2.05, 4.69) is 4.72 Å². The Morgan fingerprint density at radius 1 is 1.17 bits per heavy atom. The second-order valence-corrected chi connectivity index (χ2v) is 7.99. The number of likely N-dealkylation sites (tertiary alicyclic amines) is 1. The normalized spacial score (nSPS) is 21.5. The molecule has 2 N–H and O–H groups in total. The highest BCUT2D eigenvalue weighted by atomic mass is 32.2. The number of rotatable bonds is 5. The van der Waals surface area contributed by atoms with Crippen molar-refractivity contribution in [3.8, 4) is 0 Å². The Balaban J connectivity index is 1.84. The fourth-order valence-electron chi connectivity index (χ4n) is 2.88. The van der Waals surface area contributed by atoms with E-state index in [0.717, 1.165) is 25.7 Å².